The maximum Gasteiger partial charge on any atom is 0.146 e. The molecule has 0 aromatic heterocycles. The molecule has 0 saturated carbocycles. The highest BCUT2D eigenvalue weighted by molar-refractivity contribution is 5.82. The van der Waals surface area contributed by atoms with Crippen LogP contribution < -0.4 is 5.32 Å². The summed E-state index contributed by atoms with van der Waals surface area (Å²) in [4.78, 5) is 11.4. The van der Waals surface area contributed by atoms with Crippen molar-refractivity contribution in [2.75, 3.05) is 6.54 Å². The van der Waals surface area contributed by atoms with Crippen LogP contribution in [0.15, 0.2) is 0 Å². The van der Waals surface area contributed by atoms with Gasteiger partial charge in [-0.25, -0.2) is 0 Å². The van der Waals surface area contributed by atoms with Crippen LogP contribution in [-0.4, -0.2) is 24.1 Å². The minimum Gasteiger partial charge on any atom is -0.310 e. The highest BCUT2D eigenvalue weighted by atomic mass is 16.1. The van der Waals surface area contributed by atoms with E-state index < -0.39 is 0 Å². The Morgan fingerprint density at radius 1 is 1.42 bits per heavy atom. The molecule has 0 spiro atoms. The van der Waals surface area contributed by atoms with E-state index in [1.54, 1.807) is 6.92 Å². The Morgan fingerprint density at radius 2 is 2.11 bits per heavy atom. The molecule has 0 fully saturated rings. The average Bonchev–Trinajstić information content (AvgIpc) is 2.37. The maximum absolute atomic E-state index is 11.4. The van der Waals surface area contributed by atoms with Gasteiger partial charge in [0.25, 0.3) is 0 Å². The first-order valence-electron chi connectivity index (χ1n) is 7.27. The molecule has 3 heteroatoms. The van der Waals surface area contributed by atoms with Gasteiger partial charge in [-0.2, -0.15) is 0 Å². The number of hydrogen-bond donors (Lipinski definition) is 2. The SMILES string of the molecule is C#CC(C)CC(=N)CCCNC(CCCC)C(C)=O. The van der Waals surface area contributed by atoms with Crippen molar-refractivity contribution in [2.24, 2.45) is 5.92 Å². The van der Waals surface area contributed by atoms with Crippen molar-refractivity contribution in [3.05, 3.63) is 0 Å². The third-order valence-corrected chi connectivity index (χ3v) is 3.22. The molecule has 0 aliphatic carbocycles. The number of ketones is 1. The zero-order chi connectivity index (χ0) is 14.7. The van der Waals surface area contributed by atoms with E-state index in [4.69, 9.17) is 11.8 Å². The standard InChI is InChI=1S/C16H28N2O/c1-5-7-10-16(14(4)19)18-11-8-9-15(17)12-13(3)6-2/h2,13,16-18H,5,7-12H2,1,3-4H3. The second-order valence-electron chi connectivity index (χ2n) is 5.24. The van der Waals surface area contributed by atoms with Gasteiger partial charge in [-0.1, -0.05) is 26.7 Å². The van der Waals surface area contributed by atoms with Crippen molar-refractivity contribution >= 4 is 11.5 Å². The minimum absolute atomic E-state index is 0.0150. The van der Waals surface area contributed by atoms with Crippen LogP contribution >= 0.6 is 0 Å². The lowest BCUT2D eigenvalue weighted by Gasteiger charge is -2.15. The first-order chi connectivity index (χ1) is 9.01. The minimum atomic E-state index is -0.0150. The quantitative estimate of drug-likeness (QED) is 0.342. The number of Topliss-reactive ketones (excluding diaryl/α,β-unsaturated/α-hetero) is 1. The molecule has 0 aliphatic heterocycles. The van der Waals surface area contributed by atoms with Gasteiger partial charge in [0.2, 0.25) is 0 Å². The molecule has 19 heavy (non-hydrogen) atoms. The largest absolute Gasteiger partial charge is 0.310 e. The Hall–Kier alpha value is -1.14. The summed E-state index contributed by atoms with van der Waals surface area (Å²) in [6.07, 6.45) is 10.7. The molecule has 0 radical (unpaired) electrons. The topological polar surface area (TPSA) is 53.0 Å². The zero-order valence-electron chi connectivity index (χ0n) is 12.6. The van der Waals surface area contributed by atoms with E-state index in [9.17, 15) is 4.79 Å². The highest BCUT2D eigenvalue weighted by Gasteiger charge is 2.12. The monoisotopic (exact) mass is 264 g/mol. The number of carbonyl (C=O) groups excluding carboxylic acids is 1. The lowest BCUT2D eigenvalue weighted by molar-refractivity contribution is -0.119. The van der Waals surface area contributed by atoms with Gasteiger partial charge in [0.15, 0.2) is 0 Å². The lowest BCUT2D eigenvalue weighted by atomic mass is 10.0. The third-order valence-electron chi connectivity index (χ3n) is 3.22. The molecule has 0 heterocycles. The molecule has 2 unspecified atom stereocenters. The van der Waals surface area contributed by atoms with Gasteiger partial charge < -0.3 is 10.7 Å². The first kappa shape index (κ1) is 17.9. The van der Waals surface area contributed by atoms with Gasteiger partial charge in [0.1, 0.15) is 5.78 Å². The first-order valence-corrected chi connectivity index (χ1v) is 7.27. The van der Waals surface area contributed by atoms with Gasteiger partial charge in [0.05, 0.1) is 6.04 Å². The van der Waals surface area contributed by atoms with E-state index in [0.29, 0.717) is 12.1 Å². The second kappa shape index (κ2) is 10.8. The van der Waals surface area contributed by atoms with Crippen molar-refractivity contribution in [2.45, 2.75) is 65.3 Å². The Balaban J connectivity index is 3.79. The molecule has 0 bridgehead atoms. The molecular formula is C16H28N2O. The van der Waals surface area contributed by atoms with Crippen molar-refractivity contribution in [1.82, 2.24) is 5.32 Å². The maximum atomic E-state index is 11.4. The molecule has 2 atom stereocenters. The van der Waals surface area contributed by atoms with Crippen molar-refractivity contribution in [1.29, 1.82) is 5.41 Å². The fourth-order valence-electron chi connectivity index (χ4n) is 1.97. The number of terminal acetylenes is 1. The summed E-state index contributed by atoms with van der Waals surface area (Å²) in [6.45, 7) is 6.53. The Kier molecular flexibility index (Phi) is 10.1. The predicted octanol–water partition coefficient (Wildman–Crippen LogP) is 3.18. The molecule has 0 aromatic carbocycles. The summed E-state index contributed by atoms with van der Waals surface area (Å²) in [5.74, 6) is 3.00. The number of unbranched alkanes of at least 4 members (excludes halogenated alkanes) is 1. The number of nitrogens with one attached hydrogen (secondary N) is 2. The van der Waals surface area contributed by atoms with Crippen LogP contribution in [0, 0.1) is 23.7 Å². The van der Waals surface area contributed by atoms with Gasteiger partial charge >= 0.3 is 0 Å². The summed E-state index contributed by atoms with van der Waals surface area (Å²) in [7, 11) is 0. The lowest BCUT2D eigenvalue weighted by Crippen LogP contribution is -2.36. The van der Waals surface area contributed by atoms with Crippen LogP contribution in [0.25, 0.3) is 0 Å². The van der Waals surface area contributed by atoms with E-state index in [0.717, 1.165) is 38.6 Å². The molecule has 0 amide bonds. The number of hydrogen-bond acceptors (Lipinski definition) is 3. The fraction of sp³-hybridized carbons (Fsp3) is 0.750. The zero-order valence-corrected chi connectivity index (χ0v) is 12.6. The number of rotatable bonds is 11. The van der Waals surface area contributed by atoms with Crippen molar-refractivity contribution < 1.29 is 4.79 Å². The summed E-state index contributed by atoms with van der Waals surface area (Å²) in [6, 6.07) is -0.0150. The van der Waals surface area contributed by atoms with Crippen LogP contribution in [0.5, 0.6) is 0 Å². The average molecular weight is 264 g/mol. The van der Waals surface area contributed by atoms with Crippen LogP contribution in [0.4, 0.5) is 0 Å². The smallest absolute Gasteiger partial charge is 0.146 e. The van der Waals surface area contributed by atoms with Gasteiger partial charge in [-0.05, 0) is 39.2 Å². The Morgan fingerprint density at radius 3 is 2.63 bits per heavy atom. The van der Waals surface area contributed by atoms with E-state index >= 15 is 0 Å². The second-order valence-corrected chi connectivity index (χ2v) is 5.24. The number of carbonyl (C=O) groups is 1. The summed E-state index contributed by atoms with van der Waals surface area (Å²) >= 11 is 0. The van der Waals surface area contributed by atoms with Gasteiger partial charge in [-0.15, -0.1) is 12.3 Å². The van der Waals surface area contributed by atoms with Crippen molar-refractivity contribution in [3.8, 4) is 12.3 Å². The molecule has 0 saturated heterocycles. The van der Waals surface area contributed by atoms with Gasteiger partial charge in [-0.3, -0.25) is 4.79 Å². The predicted molar refractivity (Wildman–Crippen MR) is 81.6 cm³/mol. The molecule has 3 nitrogen and oxygen atoms in total. The highest BCUT2D eigenvalue weighted by Crippen LogP contribution is 2.06. The van der Waals surface area contributed by atoms with Crippen LogP contribution in [0.3, 0.4) is 0 Å². The molecule has 0 rings (SSSR count). The molecule has 0 aliphatic rings. The molecular weight excluding hydrogens is 236 g/mol. The molecule has 108 valence electrons. The Bertz CT molecular complexity index is 317. The van der Waals surface area contributed by atoms with Gasteiger partial charge in [0, 0.05) is 11.6 Å². The fourth-order valence-corrected chi connectivity index (χ4v) is 1.97. The van der Waals surface area contributed by atoms with Crippen LogP contribution in [-0.2, 0) is 4.79 Å². The summed E-state index contributed by atoms with van der Waals surface area (Å²) in [5, 5.41) is 11.1. The summed E-state index contributed by atoms with van der Waals surface area (Å²) in [5.41, 5.74) is 0.709. The van der Waals surface area contributed by atoms with Crippen molar-refractivity contribution in [3.63, 3.8) is 0 Å². The van der Waals surface area contributed by atoms with E-state index in [2.05, 4.69) is 18.2 Å². The molecule has 0 aromatic rings. The van der Waals surface area contributed by atoms with E-state index in [1.807, 2.05) is 6.92 Å². The van der Waals surface area contributed by atoms with E-state index in [-0.39, 0.29) is 17.7 Å². The van der Waals surface area contributed by atoms with E-state index in [1.165, 1.54) is 0 Å². The molecule has 2 N–H and O–H groups in total. The van der Waals surface area contributed by atoms with Crippen LogP contribution in [0.2, 0.25) is 0 Å². The Labute approximate surface area is 118 Å². The summed E-state index contributed by atoms with van der Waals surface area (Å²) < 4.78 is 0. The normalized spacial score (nSPS) is 13.6. The van der Waals surface area contributed by atoms with Crippen LogP contribution in [0.1, 0.15) is 59.3 Å². The third kappa shape index (κ3) is 9.44.